The van der Waals surface area contributed by atoms with Crippen molar-refractivity contribution in [2.75, 3.05) is 73.3 Å². The van der Waals surface area contributed by atoms with Crippen molar-refractivity contribution >= 4 is 68.9 Å². The lowest BCUT2D eigenvalue weighted by atomic mass is 10.2. The molecule has 2 aromatic carbocycles. The average molecular weight is 847 g/mol. The quantitative estimate of drug-likeness (QED) is 0.106. The van der Waals surface area contributed by atoms with Crippen molar-refractivity contribution in [2.45, 2.75) is 13.8 Å². The minimum Gasteiger partial charge on any atom is -0.429 e. The monoisotopic (exact) mass is 846 g/mol. The van der Waals surface area contributed by atoms with E-state index in [1.165, 1.54) is 11.1 Å². The Morgan fingerprint density at radius 1 is 0.597 bits per heavy atom. The number of thiazole rings is 1. The third-order valence-corrected chi connectivity index (χ3v) is 10.8. The molecule has 62 heavy (non-hydrogen) atoms. The van der Waals surface area contributed by atoms with Crippen molar-refractivity contribution in [2.24, 2.45) is 10.2 Å². The summed E-state index contributed by atoms with van der Waals surface area (Å²) in [5.74, 6) is 2.67. The standard InChI is InChI=1S/C22H21N7O2.C22H21N7OS/c2*1-15-5-4-6-16(13-15)14-24-28-22-26-19-18(20(27-22)29-9-11-30-12-10-29)31-21(25-19)17-7-2-3-8-23-17/h2*2-8,13-14H,9-12H2,1H3,(H,26,27,28)/b2*24-14+. The first-order valence-corrected chi connectivity index (χ1v) is 20.9. The van der Waals surface area contributed by atoms with Crippen LogP contribution < -0.4 is 20.7 Å². The first-order chi connectivity index (χ1) is 30.5. The zero-order valence-electron chi connectivity index (χ0n) is 34.0. The summed E-state index contributed by atoms with van der Waals surface area (Å²) in [6.07, 6.45) is 6.96. The highest BCUT2D eigenvalue weighted by Crippen LogP contribution is 2.35. The Balaban J connectivity index is 0.000000158. The number of hydrogen-bond acceptors (Lipinski definition) is 18. The minimum atomic E-state index is 0.346. The number of hydrogen-bond donors (Lipinski definition) is 2. The van der Waals surface area contributed by atoms with Gasteiger partial charge in [-0.1, -0.05) is 71.8 Å². The number of oxazole rings is 1. The van der Waals surface area contributed by atoms with Gasteiger partial charge < -0.3 is 23.7 Å². The number of nitrogens with zero attached hydrogens (tertiary/aromatic N) is 12. The number of fused-ring (bicyclic) bond motifs is 2. The van der Waals surface area contributed by atoms with Crippen LogP contribution in [-0.4, -0.2) is 105 Å². The van der Waals surface area contributed by atoms with Gasteiger partial charge in [-0.3, -0.25) is 9.97 Å². The molecule has 0 unspecified atom stereocenters. The third-order valence-electron chi connectivity index (χ3n) is 9.70. The highest BCUT2D eigenvalue weighted by atomic mass is 32.1. The van der Waals surface area contributed by atoms with Gasteiger partial charge >= 0.3 is 0 Å². The van der Waals surface area contributed by atoms with E-state index >= 15 is 0 Å². The number of anilines is 4. The van der Waals surface area contributed by atoms with Crippen LogP contribution in [0.1, 0.15) is 22.3 Å². The lowest BCUT2D eigenvalue weighted by molar-refractivity contribution is 0.122. The van der Waals surface area contributed by atoms with Crippen molar-refractivity contribution in [3.63, 3.8) is 0 Å². The van der Waals surface area contributed by atoms with Crippen molar-refractivity contribution < 1.29 is 13.9 Å². The Morgan fingerprint density at radius 3 is 1.74 bits per heavy atom. The van der Waals surface area contributed by atoms with E-state index in [2.05, 4.69) is 79.8 Å². The Bertz CT molecular complexity index is 2630. The molecular formula is C44H42N14O3S. The predicted molar refractivity (Wildman–Crippen MR) is 242 cm³/mol. The predicted octanol–water partition coefficient (Wildman–Crippen LogP) is 7.01. The average Bonchev–Trinajstić information content (AvgIpc) is 3.95. The topological polar surface area (TPSA) is 190 Å². The van der Waals surface area contributed by atoms with Gasteiger partial charge in [0.15, 0.2) is 17.3 Å². The zero-order valence-corrected chi connectivity index (χ0v) is 34.9. The lowest BCUT2D eigenvalue weighted by Gasteiger charge is -2.28. The number of rotatable bonds is 10. The van der Waals surface area contributed by atoms with Gasteiger partial charge in [0.05, 0.1) is 44.6 Å². The maximum atomic E-state index is 6.03. The van der Waals surface area contributed by atoms with Gasteiger partial charge in [0.1, 0.15) is 15.4 Å². The Morgan fingerprint density at radius 2 is 1.16 bits per heavy atom. The van der Waals surface area contributed by atoms with E-state index in [0.29, 0.717) is 85.7 Å². The molecule has 6 aromatic heterocycles. The molecule has 0 amide bonds. The summed E-state index contributed by atoms with van der Waals surface area (Å²) in [6, 6.07) is 27.6. The molecule has 0 bridgehead atoms. The van der Waals surface area contributed by atoms with E-state index in [9.17, 15) is 0 Å². The second-order valence-electron chi connectivity index (χ2n) is 14.3. The fourth-order valence-corrected chi connectivity index (χ4v) is 7.73. The maximum Gasteiger partial charge on any atom is 0.247 e. The van der Waals surface area contributed by atoms with Crippen molar-refractivity contribution in [1.82, 2.24) is 39.9 Å². The van der Waals surface area contributed by atoms with Crippen LogP contribution in [0.25, 0.3) is 43.9 Å². The highest BCUT2D eigenvalue weighted by Gasteiger charge is 2.24. The molecule has 0 spiro atoms. The first kappa shape index (κ1) is 40.1. The van der Waals surface area contributed by atoms with Gasteiger partial charge in [-0.2, -0.15) is 35.1 Å². The van der Waals surface area contributed by atoms with Crippen LogP contribution in [0.4, 0.5) is 23.5 Å². The molecule has 18 heteroatoms. The van der Waals surface area contributed by atoms with Gasteiger partial charge in [0.2, 0.25) is 29.0 Å². The summed E-state index contributed by atoms with van der Waals surface area (Å²) in [4.78, 5) is 40.9. The van der Waals surface area contributed by atoms with Crippen LogP contribution in [0, 0.1) is 13.8 Å². The maximum absolute atomic E-state index is 6.03. The Kier molecular flexibility index (Phi) is 12.3. The first-order valence-electron chi connectivity index (χ1n) is 20.1. The molecule has 0 saturated carbocycles. The van der Waals surface area contributed by atoms with Crippen molar-refractivity contribution in [3.8, 4) is 22.3 Å². The summed E-state index contributed by atoms with van der Waals surface area (Å²) in [5, 5.41) is 9.45. The molecule has 8 heterocycles. The zero-order chi connectivity index (χ0) is 42.1. The molecule has 2 aliphatic rings. The van der Waals surface area contributed by atoms with Crippen molar-refractivity contribution in [1.29, 1.82) is 0 Å². The number of hydrazone groups is 2. The molecule has 0 radical (unpaired) electrons. The number of morpholine rings is 2. The van der Waals surface area contributed by atoms with Gasteiger partial charge in [0.25, 0.3) is 0 Å². The molecule has 2 aliphatic heterocycles. The number of benzene rings is 2. The Hall–Kier alpha value is -7.28. The van der Waals surface area contributed by atoms with E-state index in [-0.39, 0.29) is 0 Å². The second kappa shape index (κ2) is 19.0. The van der Waals surface area contributed by atoms with Crippen molar-refractivity contribution in [3.05, 3.63) is 120 Å². The molecule has 10 rings (SSSR count). The van der Waals surface area contributed by atoms with Crippen LogP contribution in [0.3, 0.4) is 0 Å². The fraction of sp³-hybridized carbons (Fsp3) is 0.227. The van der Waals surface area contributed by atoms with Crippen LogP contribution in [-0.2, 0) is 9.47 Å². The summed E-state index contributed by atoms with van der Waals surface area (Å²) >= 11 is 1.55. The summed E-state index contributed by atoms with van der Waals surface area (Å²) in [7, 11) is 0. The Labute approximate surface area is 360 Å². The number of aromatic nitrogens is 8. The molecule has 17 nitrogen and oxygen atoms in total. The summed E-state index contributed by atoms with van der Waals surface area (Å²) in [5.41, 5.74) is 13.3. The van der Waals surface area contributed by atoms with Gasteiger partial charge in [-0.05, 0) is 49.2 Å². The normalized spacial score (nSPS) is 14.4. The highest BCUT2D eigenvalue weighted by molar-refractivity contribution is 7.22. The number of aryl methyl sites for hydroxylation is 2. The van der Waals surface area contributed by atoms with E-state index in [1.54, 1.807) is 36.2 Å². The summed E-state index contributed by atoms with van der Waals surface area (Å²) in [6.45, 7) is 9.65. The van der Waals surface area contributed by atoms with Crippen LogP contribution in [0.15, 0.2) is 112 Å². The van der Waals surface area contributed by atoms with E-state index in [4.69, 9.17) is 23.9 Å². The van der Waals surface area contributed by atoms with Crippen LogP contribution >= 0.6 is 11.3 Å². The largest absolute Gasteiger partial charge is 0.429 e. The summed E-state index contributed by atoms with van der Waals surface area (Å²) < 4.78 is 18.0. The molecule has 2 N–H and O–H groups in total. The molecular weight excluding hydrogens is 805 g/mol. The van der Waals surface area contributed by atoms with Gasteiger partial charge in [0, 0.05) is 38.6 Å². The molecule has 8 aromatic rings. The lowest BCUT2D eigenvalue weighted by Crippen LogP contribution is -2.37. The van der Waals surface area contributed by atoms with Crippen LogP contribution in [0.2, 0.25) is 0 Å². The second-order valence-corrected chi connectivity index (χ2v) is 15.3. The van der Waals surface area contributed by atoms with E-state index in [1.807, 2.05) is 79.7 Å². The molecule has 312 valence electrons. The fourth-order valence-electron chi connectivity index (χ4n) is 6.73. The number of nitrogens with one attached hydrogen (secondary N) is 2. The van der Waals surface area contributed by atoms with Gasteiger partial charge in [-0.25, -0.2) is 15.8 Å². The van der Waals surface area contributed by atoms with E-state index < -0.39 is 0 Å². The number of ether oxygens (including phenoxy) is 2. The molecule has 2 fully saturated rings. The number of pyridine rings is 2. The molecule has 2 saturated heterocycles. The molecule has 0 aliphatic carbocycles. The van der Waals surface area contributed by atoms with E-state index in [0.717, 1.165) is 45.4 Å². The van der Waals surface area contributed by atoms with Gasteiger partial charge in [-0.15, -0.1) is 11.3 Å². The SMILES string of the molecule is Cc1cccc(/C=N/Nc2nc(N3CCOCC3)c3oc(-c4ccccn4)nc3n2)c1.Cc1cccc(/C=N/Nc2nc(N3CCOCC3)c3sc(-c4ccccn4)nc3n2)c1. The third kappa shape index (κ3) is 9.68. The van der Waals surface area contributed by atoms with Crippen LogP contribution in [0.5, 0.6) is 0 Å². The molecule has 0 atom stereocenters. The smallest absolute Gasteiger partial charge is 0.247 e. The minimum absolute atomic E-state index is 0.346.